The average molecular weight is 518 g/mol. The molecule has 3 aromatic rings. The van der Waals surface area contributed by atoms with Crippen molar-refractivity contribution in [1.29, 1.82) is 0 Å². The standard InChI is InChI=1S/C22H17Cl3F2N2O2S/c23-15-3-1-14(2-4-15)21-13-28(32(30,31)22-8-6-17(26)12-19(22)27)9-10-29(21)20-7-5-16(24)11-18(20)25/h1-8,11-12,21H,9-10,13H2. The van der Waals surface area contributed by atoms with Gasteiger partial charge in [-0.2, -0.15) is 4.31 Å². The maximum absolute atomic E-state index is 14.3. The summed E-state index contributed by atoms with van der Waals surface area (Å²) < 4.78 is 55.2. The number of nitrogens with zero attached hydrogens (tertiary/aromatic N) is 2. The van der Waals surface area contributed by atoms with Crippen LogP contribution in [0.3, 0.4) is 0 Å². The van der Waals surface area contributed by atoms with E-state index in [9.17, 15) is 17.2 Å². The Morgan fingerprint density at radius 3 is 2.19 bits per heavy atom. The van der Waals surface area contributed by atoms with Crippen LogP contribution in [0.1, 0.15) is 11.6 Å². The van der Waals surface area contributed by atoms with Crippen molar-refractivity contribution in [2.45, 2.75) is 10.9 Å². The van der Waals surface area contributed by atoms with Gasteiger partial charge < -0.3 is 4.90 Å². The SMILES string of the molecule is O=S(=O)(c1ccc(F)cc1F)N1CCN(c2ccc(Cl)cc2Cl)C(c2ccc(Cl)cc2)C1. The van der Waals surface area contributed by atoms with Crippen LogP contribution in [0.4, 0.5) is 14.5 Å². The van der Waals surface area contributed by atoms with Crippen LogP contribution in [0.15, 0.2) is 65.6 Å². The predicted molar refractivity (Wildman–Crippen MR) is 123 cm³/mol. The van der Waals surface area contributed by atoms with Gasteiger partial charge in [0.25, 0.3) is 0 Å². The fraction of sp³-hybridized carbons (Fsp3) is 0.182. The molecule has 168 valence electrons. The molecule has 0 amide bonds. The highest BCUT2D eigenvalue weighted by Crippen LogP contribution is 2.38. The smallest absolute Gasteiger partial charge is 0.246 e. The second-order valence-electron chi connectivity index (χ2n) is 7.29. The van der Waals surface area contributed by atoms with Gasteiger partial charge in [-0.05, 0) is 48.0 Å². The van der Waals surface area contributed by atoms with E-state index in [1.807, 2.05) is 4.90 Å². The molecule has 1 heterocycles. The number of rotatable bonds is 4. The van der Waals surface area contributed by atoms with Crippen LogP contribution < -0.4 is 4.90 Å². The van der Waals surface area contributed by atoms with Crippen LogP contribution >= 0.6 is 34.8 Å². The Hall–Kier alpha value is -1.90. The number of sulfonamides is 1. The van der Waals surface area contributed by atoms with E-state index in [1.54, 1.807) is 42.5 Å². The zero-order valence-electron chi connectivity index (χ0n) is 16.5. The van der Waals surface area contributed by atoms with E-state index >= 15 is 0 Å². The lowest BCUT2D eigenvalue weighted by Crippen LogP contribution is -2.50. The first kappa shape index (κ1) is 23.3. The molecular weight excluding hydrogens is 501 g/mol. The minimum atomic E-state index is -4.20. The number of benzene rings is 3. The van der Waals surface area contributed by atoms with Crippen LogP contribution in [0, 0.1) is 11.6 Å². The lowest BCUT2D eigenvalue weighted by Gasteiger charge is -2.42. The Bertz CT molecular complexity index is 1260. The van der Waals surface area contributed by atoms with Crippen molar-refractivity contribution < 1.29 is 17.2 Å². The first-order chi connectivity index (χ1) is 15.2. The molecule has 0 N–H and O–H groups in total. The van der Waals surface area contributed by atoms with E-state index < -0.39 is 32.6 Å². The van der Waals surface area contributed by atoms with Crippen molar-refractivity contribution >= 4 is 50.5 Å². The monoisotopic (exact) mass is 516 g/mol. The molecule has 4 nitrogen and oxygen atoms in total. The zero-order chi connectivity index (χ0) is 23.0. The molecular formula is C22H17Cl3F2N2O2S. The molecule has 0 radical (unpaired) electrons. The Morgan fingerprint density at radius 2 is 1.53 bits per heavy atom. The van der Waals surface area contributed by atoms with Crippen LogP contribution in [0.2, 0.25) is 15.1 Å². The molecule has 1 aliphatic rings. The second kappa shape index (κ2) is 9.15. The van der Waals surface area contributed by atoms with E-state index in [0.717, 1.165) is 17.7 Å². The van der Waals surface area contributed by atoms with Crippen molar-refractivity contribution in [2.75, 3.05) is 24.5 Å². The molecule has 0 bridgehead atoms. The quantitative estimate of drug-likeness (QED) is 0.415. The lowest BCUT2D eigenvalue weighted by atomic mass is 10.0. The number of piperazine rings is 1. The van der Waals surface area contributed by atoms with Crippen LogP contribution in [0.25, 0.3) is 0 Å². The highest BCUT2D eigenvalue weighted by Gasteiger charge is 2.37. The Kier molecular flexibility index (Phi) is 6.66. The molecule has 0 aliphatic carbocycles. The average Bonchev–Trinajstić information content (AvgIpc) is 2.74. The van der Waals surface area contributed by atoms with Gasteiger partial charge in [0.1, 0.15) is 16.5 Å². The van der Waals surface area contributed by atoms with Crippen molar-refractivity contribution in [3.8, 4) is 0 Å². The van der Waals surface area contributed by atoms with Crippen LogP contribution in [-0.2, 0) is 10.0 Å². The third kappa shape index (κ3) is 4.58. The van der Waals surface area contributed by atoms with Gasteiger partial charge in [0.05, 0.1) is 16.8 Å². The van der Waals surface area contributed by atoms with Gasteiger partial charge in [0.15, 0.2) is 0 Å². The molecule has 0 aromatic heterocycles. The first-order valence-corrected chi connectivity index (χ1v) is 12.2. The number of halogens is 5. The molecule has 1 saturated heterocycles. The fourth-order valence-electron chi connectivity index (χ4n) is 3.77. The van der Waals surface area contributed by atoms with Gasteiger partial charge in [-0.1, -0.05) is 46.9 Å². The first-order valence-electron chi connectivity index (χ1n) is 9.59. The van der Waals surface area contributed by atoms with E-state index in [1.165, 1.54) is 4.31 Å². The van der Waals surface area contributed by atoms with E-state index in [2.05, 4.69) is 0 Å². The van der Waals surface area contributed by atoms with Crippen molar-refractivity contribution in [2.24, 2.45) is 0 Å². The van der Waals surface area contributed by atoms with Crippen LogP contribution in [0.5, 0.6) is 0 Å². The Morgan fingerprint density at radius 1 is 0.844 bits per heavy atom. The maximum atomic E-state index is 14.3. The summed E-state index contributed by atoms with van der Waals surface area (Å²) in [5, 5.41) is 1.45. The summed E-state index contributed by atoms with van der Waals surface area (Å²) in [5.41, 5.74) is 1.50. The van der Waals surface area contributed by atoms with E-state index in [-0.39, 0.29) is 19.6 Å². The summed E-state index contributed by atoms with van der Waals surface area (Å²) in [4.78, 5) is 1.42. The highest BCUT2D eigenvalue weighted by molar-refractivity contribution is 7.89. The van der Waals surface area contributed by atoms with Gasteiger partial charge in [0, 0.05) is 35.7 Å². The second-order valence-corrected chi connectivity index (χ2v) is 10.5. The summed E-state index contributed by atoms with van der Waals surface area (Å²) in [7, 11) is -4.20. The lowest BCUT2D eigenvalue weighted by molar-refractivity contribution is 0.334. The molecule has 4 rings (SSSR count). The molecule has 0 spiro atoms. The molecule has 0 saturated carbocycles. The van der Waals surface area contributed by atoms with Crippen molar-refractivity contribution in [3.05, 3.63) is 92.9 Å². The Labute approximate surface area is 200 Å². The maximum Gasteiger partial charge on any atom is 0.246 e. The molecule has 3 aromatic carbocycles. The highest BCUT2D eigenvalue weighted by atomic mass is 35.5. The van der Waals surface area contributed by atoms with Crippen molar-refractivity contribution in [1.82, 2.24) is 4.31 Å². The van der Waals surface area contributed by atoms with Gasteiger partial charge >= 0.3 is 0 Å². The van der Waals surface area contributed by atoms with E-state index in [0.29, 0.717) is 26.8 Å². The molecule has 1 fully saturated rings. The van der Waals surface area contributed by atoms with Gasteiger partial charge in [-0.15, -0.1) is 0 Å². The molecule has 32 heavy (non-hydrogen) atoms. The summed E-state index contributed by atoms with van der Waals surface area (Å²) in [6, 6.07) is 14.1. The minimum Gasteiger partial charge on any atom is -0.361 e. The largest absolute Gasteiger partial charge is 0.361 e. The topological polar surface area (TPSA) is 40.6 Å². The zero-order valence-corrected chi connectivity index (χ0v) is 19.6. The van der Waals surface area contributed by atoms with Crippen molar-refractivity contribution in [3.63, 3.8) is 0 Å². The summed E-state index contributed by atoms with van der Waals surface area (Å²) >= 11 is 18.5. The molecule has 1 aliphatic heterocycles. The van der Waals surface area contributed by atoms with Gasteiger partial charge in [0.2, 0.25) is 10.0 Å². The third-order valence-electron chi connectivity index (χ3n) is 5.33. The third-order valence-corrected chi connectivity index (χ3v) is 8.02. The van der Waals surface area contributed by atoms with Gasteiger partial charge in [-0.3, -0.25) is 0 Å². The van der Waals surface area contributed by atoms with Crippen LogP contribution in [-0.4, -0.2) is 32.4 Å². The molecule has 1 atom stereocenters. The van der Waals surface area contributed by atoms with Gasteiger partial charge in [-0.25, -0.2) is 17.2 Å². The van der Waals surface area contributed by atoms with E-state index in [4.69, 9.17) is 34.8 Å². The minimum absolute atomic E-state index is 0.0275. The summed E-state index contributed by atoms with van der Waals surface area (Å²) in [6.45, 7) is 0.401. The normalized spacial score (nSPS) is 17.5. The predicted octanol–water partition coefficient (Wildman–Crippen LogP) is 6.18. The fourth-order valence-corrected chi connectivity index (χ4v) is 5.90. The molecule has 10 heteroatoms. The summed E-state index contributed by atoms with van der Waals surface area (Å²) in [5.74, 6) is -1.97. The number of anilines is 1. The number of hydrogen-bond donors (Lipinski definition) is 0. The summed E-state index contributed by atoms with van der Waals surface area (Å²) in [6.07, 6.45) is 0. The molecule has 1 unspecified atom stereocenters. The Balaban J connectivity index is 1.73. The number of hydrogen-bond acceptors (Lipinski definition) is 3.